The summed E-state index contributed by atoms with van der Waals surface area (Å²) >= 11 is 1.82. The van der Waals surface area contributed by atoms with Gasteiger partial charge in [-0.15, -0.1) is 11.3 Å². The number of hydrogen-bond acceptors (Lipinski definition) is 3. The number of aryl methyl sites for hydroxylation is 1. The molecular weight excluding hydrogens is 316 g/mol. The number of aliphatic imine (C=N–C) groups is 1. The van der Waals surface area contributed by atoms with Crippen molar-refractivity contribution >= 4 is 17.3 Å². The van der Waals surface area contributed by atoms with Crippen molar-refractivity contribution in [3.05, 3.63) is 51.5 Å². The number of hydrogen-bond donors (Lipinski definition) is 1. The molecule has 2 aromatic rings. The number of guanidine groups is 1. The van der Waals surface area contributed by atoms with Crippen molar-refractivity contribution in [1.29, 1.82) is 0 Å². The maximum Gasteiger partial charge on any atom is 0.191 e. The molecule has 126 valence electrons. The molecule has 0 bridgehead atoms. The predicted octanol–water partition coefficient (Wildman–Crippen LogP) is 3.32. The number of fused-ring (bicyclic) bond motifs is 1. The lowest BCUT2D eigenvalue weighted by Gasteiger charge is -2.21. The van der Waals surface area contributed by atoms with Gasteiger partial charge in [0.05, 0.1) is 12.2 Å². The third-order valence-corrected chi connectivity index (χ3v) is 6.19. The Bertz CT molecular complexity index is 733. The summed E-state index contributed by atoms with van der Waals surface area (Å²) in [5, 5.41) is 1.10. The Kier molecular flexibility index (Phi) is 4.27. The van der Waals surface area contributed by atoms with Crippen LogP contribution in [0.4, 0.5) is 0 Å². The van der Waals surface area contributed by atoms with Crippen molar-refractivity contribution in [2.45, 2.75) is 50.6 Å². The molecule has 4 rings (SSSR count). The zero-order valence-electron chi connectivity index (χ0n) is 14.1. The fourth-order valence-electron chi connectivity index (χ4n) is 3.41. The first kappa shape index (κ1) is 15.6. The van der Waals surface area contributed by atoms with Crippen LogP contribution in [0.15, 0.2) is 35.3 Å². The summed E-state index contributed by atoms with van der Waals surface area (Å²) in [7, 11) is 2.04. The van der Waals surface area contributed by atoms with Gasteiger partial charge in [-0.1, -0.05) is 30.3 Å². The highest BCUT2D eigenvalue weighted by atomic mass is 32.1. The first-order chi connectivity index (χ1) is 11.7. The maximum atomic E-state index is 6.08. The fraction of sp³-hybridized carbons (Fsp3) is 0.474. The van der Waals surface area contributed by atoms with Gasteiger partial charge < -0.3 is 10.6 Å². The van der Waals surface area contributed by atoms with Gasteiger partial charge in [0.1, 0.15) is 5.01 Å². The van der Waals surface area contributed by atoms with Crippen LogP contribution in [0.3, 0.4) is 0 Å². The average Bonchev–Trinajstić information content (AvgIpc) is 3.39. The molecule has 1 aromatic heterocycles. The van der Waals surface area contributed by atoms with Crippen LogP contribution in [0.2, 0.25) is 0 Å². The number of nitrogens with zero attached hydrogens (tertiary/aromatic N) is 3. The smallest absolute Gasteiger partial charge is 0.191 e. The maximum absolute atomic E-state index is 6.08. The molecule has 1 fully saturated rings. The molecule has 0 saturated heterocycles. The molecule has 5 heteroatoms. The third-order valence-electron chi connectivity index (χ3n) is 5.09. The molecule has 0 aliphatic heterocycles. The van der Waals surface area contributed by atoms with Crippen LogP contribution in [0.5, 0.6) is 0 Å². The van der Waals surface area contributed by atoms with E-state index in [0.717, 1.165) is 17.8 Å². The number of rotatable bonds is 4. The Morgan fingerprint density at radius 2 is 2.08 bits per heavy atom. The minimum Gasteiger partial charge on any atom is -0.370 e. The Balaban J connectivity index is 1.43. The predicted molar refractivity (Wildman–Crippen MR) is 99.4 cm³/mol. The molecule has 1 atom stereocenters. The van der Waals surface area contributed by atoms with Crippen LogP contribution in [-0.2, 0) is 19.4 Å². The van der Waals surface area contributed by atoms with E-state index < -0.39 is 0 Å². The minimum absolute atomic E-state index is 0.602. The van der Waals surface area contributed by atoms with Crippen LogP contribution in [-0.4, -0.2) is 28.9 Å². The molecule has 1 aromatic carbocycles. The Morgan fingerprint density at radius 3 is 2.83 bits per heavy atom. The number of aromatic nitrogens is 1. The van der Waals surface area contributed by atoms with Gasteiger partial charge in [-0.25, -0.2) is 9.98 Å². The molecule has 2 N–H and O–H groups in total. The second kappa shape index (κ2) is 6.55. The van der Waals surface area contributed by atoms with Crippen LogP contribution < -0.4 is 5.73 Å². The van der Waals surface area contributed by atoms with Gasteiger partial charge in [-0.3, -0.25) is 0 Å². The van der Waals surface area contributed by atoms with Crippen molar-refractivity contribution in [2.75, 3.05) is 7.05 Å². The summed E-state index contributed by atoms with van der Waals surface area (Å²) in [5.41, 5.74) is 8.81. The highest BCUT2D eigenvalue weighted by Gasteiger charge is 2.27. The molecule has 2 aliphatic rings. The van der Waals surface area contributed by atoms with Crippen LogP contribution >= 0.6 is 11.3 Å². The van der Waals surface area contributed by atoms with Gasteiger partial charge in [-0.2, -0.15) is 0 Å². The van der Waals surface area contributed by atoms with Gasteiger partial charge in [0, 0.05) is 18.0 Å². The van der Waals surface area contributed by atoms with Crippen molar-refractivity contribution in [3.63, 3.8) is 0 Å². The summed E-state index contributed by atoms with van der Waals surface area (Å²) < 4.78 is 0. The van der Waals surface area contributed by atoms with E-state index in [2.05, 4.69) is 40.2 Å². The van der Waals surface area contributed by atoms with Gasteiger partial charge >= 0.3 is 0 Å². The van der Waals surface area contributed by atoms with Gasteiger partial charge in [0.2, 0.25) is 0 Å². The number of benzene rings is 1. The summed E-state index contributed by atoms with van der Waals surface area (Å²) in [5.74, 6) is 1.27. The monoisotopic (exact) mass is 340 g/mol. The van der Waals surface area contributed by atoms with Crippen molar-refractivity contribution < 1.29 is 0 Å². The lowest BCUT2D eigenvalue weighted by Crippen LogP contribution is -2.35. The zero-order chi connectivity index (χ0) is 16.5. The van der Waals surface area contributed by atoms with Gasteiger partial charge in [0.15, 0.2) is 5.96 Å². The lowest BCUT2D eigenvalue weighted by molar-refractivity contribution is 0.487. The van der Waals surface area contributed by atoms with E-state index in [1.54, 1.807) is 0 Å². The highest BCUT2D eigenvalue weighted by Crippen LogP contribution is 2.35. The van der Waals surface area contributed by atoms with Crippen molar-refractivity contribution in [2.24, 2.45) is 10.7 Å². The SMILES string of the molecule is CN(C(N)=NCc1nc2c(s1)C[C@@H](c1ccccc1)CC2)C1CC1. The van der Waals surface area contributed by atoms with Crippen molar-refractivity contribution in [3.8, 4) is 0 Å². The largest absolute Gasteiger partial charge is 0.370 e. The second-order valence-electron chi connectivity index (χ2n) is 6.84. The Morgan fingerprint density at radius 1 is 1.29 bits per heavy atom. The van der Waals surface area contributed by atoms with E-state index in [-0.39, 0.29) is 0 Å². The highest BCUT2D eigenvalue weighted by molar-refractivity contribution is 7.11. The summed E-state index contributed by atoms with van der Waals surface area (Å²) in [6, 6.07) is 11.5. The normalized spacial score (nSPS) is 20.7. The number of thiazole rings is 1. The Labute approximate surface area is 147 Å². The lowest BCUT2D eigenvalue weighted by atomic mass is 9.85. The topological polar surface area (TPSA) is 54.5 Å². The fourth-order valence-corrected chi connectivity index (χ4v) is 4.53. The molecule has 1 heterocycles. The van der Waals surface area contributed by atoms with Gasteiger partial charge in [-0.05, 0) is 43.6 Å². The summed E-state index contributed by atoms with van der Waals surface area (Å²) in [4.78, 5) is 12.9. The molecule has 4 nitrogen and oxygen atoms in total. The van der Waals surface area contributed by atoms with E-state index in [4.69, 9.17) is 10.7 Å². The van der Waals surface area contributed by atoms with Crippen LogP contribution in [0.1, 0.15) is 46.3 Å². The number of nitrogens with two attached hydrogens (primary N) is 1. The molecule has 1 saturated carbocycles. The van der Waals surface area contributed by atoms with Crippen molar-refractivity contribution in [1.82, 2.24) is 9.88 Å². The van der Waals surface area contributed by atoms with E-state index in [9.17, 15) is 0 Å². The second-order valence-corrected chi connectivity index (χ2v) is 8.01. The third kappa shape index (κ3) is 3.31. The van der Waals surface area contributed by atoms with E-state index >= 15 is 0 Å². The first-order valence-corrected chi connectivity index (χ1v) is 9.57. The summed E-state index contributed by atoms with van der Waals surface area (Å²) in [6.45, 7) is 0.608. The zero-order valence-corrected chi connectivity index (χ0v) is 14.9. The summed E-state index contributed by atoms with van der Waals surface area (Å²) in [6.07, 6.45) is 5.85. The molecule has 0 unspecified atom stereocenters. The van der Waals surface area contributed by atoms with Crippen LogP contribution in [0.25, 0.3) is 0 Å². The molecule has 0 spiro atoms. The first-order valence-electron chi connectivity index (χ1n) is 8.76. The van der Waals surface area contributed by atoms with Gasteiger partial charge in [0.25, 0.3) is 0 Å². The molecule has 24 heavy (non-hydrogen) atoms. The quantitative estimate of drug-likeness (QED) is 0.686. The van der Waals surface area contributed by atoms with E-state index in [0.29, 0.717) is 24.5 Å². The van der Waals surface area contributed by atoms with E-state index in [1.165, 1.54) is 35.4 Å². The average molecular weight is 340 g/mol. The standard InChI is InChI=1S/C19H24N4S/c1-23(15-8-9-15)19(20)21-12-18-22-16-10-7-14(11-17(16)24-18)13-5-3-2-4-6-13/h2-6,14-15H,7-12H2,1H3,(H2,20,21)/t14-/m0/s1. The van der Waals surface area contributed by atoms with E-state index in [1.807, 2.05) is 18.4 Å². The minimum atomic E-state index is 0.602. The van der Waals surface area contributed by atoms with Crippen LogP contribution in [0, 0.1) is 0 Å². The molecule has 0 radical (unpaired) electrons. The molecule has 0 amide bonds. The molecule has 2 aliphatic carbocycles. The Hall–Kier alpha value is -1.88. The molecular formula is C19H24N4S.